The fraction of sp³-hybridized carbons (Fsp3) is 0.200. The number of carboxylic acid groups (broad SMARTS) is 1. The summed E-state index contributed by atoms with van der Waals surface area (Å²) in [6.45, 7) is -0.0534. The normalized spacial score (nSPS) is 10.3. The van der Waals surface area contributed by atoms with Crippen molar-refractivity contribution in [1.29, 1.82) is 0 Å². The molecule has 2 heterocycles. The van der Waals surface area contributed by atoms with Crippen molar-refractivity contribution in [3.05, 3.63) is 30.4 Å². The molecule has 2 aromatic heterocycles. The number of anilines is 1. The van der Waals surface area contributed by atoms with Crippen LogP contribution in [-0.2, 0) is 18.4 Å². The van der Waals surface area contributed by atoms with Crippen LogP contribution in [0.15, 0.2) is 24.8 Å². The molecule has 0 saturated heterocycles. The van der Waals surface area contributed by atoms with Gasteiger partial charge in [0.1, 0.15) is 6.54 Å². The Labute approximate surface area is 102 Å². The highest BCUT2D eigenvalue weighted by atomic mass is 16.4. The molecule has 0 aliphatic rings. The highest BCUT2D eigenvalue weighted by Gasteiger charge is 2.09. The van der Waals surface area contributed by atoms with Crippen LogP contribution in [0.5, 0.6) is 0 Å². The number of carbonyl (C=O) groups excluding carboxylic acids is 1. The van der Waals surface area contributed by atoms with Crippen molar-refractivity contribution in [2.45, 2.75) is 6.54 Å². The maximum Gasteiger partial charge on any atom is 0.338 e. The zero-order valence-corrected chi connectivity index (χ0v) is 9.57. The Balaban J connectivity index is 1.96. The lowest BCUT2D eigenvalue weighted by atomic mass is 10.4. The molecule has 8 nitrogen and oxygen atoms in total. The first-order valence-electron chi connectivity index (χ1n) is 5.09. The third-order valence-electron chi connectivity index (χ3n) is 2.17. The van der Waals surface area contributed by atoms with Crippen LogP contribution in [0.1, 0.15) is 10.4 Å². The average Bonchev–Trinajstić information content (AvgIpc) is 2.88. The maximum atomic E-state index is 11.6. The molecule has 0 aliphatic heterocycles. The lowest BCUT2D eigenvalue weighted by Crippen LogP contribution is -2.18. The van der Waals surface area contributed by atoms with Gasteiger partial charge in [0, 0.05) is 19.4 Å². The van der Waals surface area contributed by atoms with Crippen molar-refractivity contribution in [2.75, 3.05) is 5.32 Å². The van der Waals surface area contributed by atoms with Crippen LogP contribution in [0.25, 0.3) is 0 Å². The highest BCUT2D eigenvalue weighted by molar-refractivity contribution is 5.90. The Kier molecular flexibility index (Phi) is 3.09. The molecule has 0 radical (unpaired) electrons. The molecule has 0 aromatic carbocycles. The van der Waals surface area contributed by atoms with E-state index in [1.165, 1.54) is 23.3 Å². The summed E-state index contributed by atoms with van der Waals surface area (Å²) in [6.07, 6.45) is 5.66. The van der Waals surface area contributed by atoms with Gasteiger partial charge in [-0.2, -0.15) is 10.2 Å². The molecule has 2 N–H and O–H groups in total. The van der Waals surface area contributed by atoms with Crippen LogP contribution in [0, 0.1) is 0 Å². The molecule has 0 atom stereocenters. The third kappa shape index (κ3) is 2.73. The van der Waals surface area contributed by atoms with Gasteiger partial charge >= 0.3 is 5.97 Å². The van der Waals surface area contributed by atoms with E-state index in [1.54, 1.807) is 17.9 Å². The van der Waals surface area contributed by atoms with E-state index in [0.717, 1.165) is 0 Å². The summed E-state index contributed by atoms with van der Waals surface area (Å²) < 4.78 is 2.82. The number of hydrogen-bond donors (Lipinski definition) is 2. The van der Waals surface area contributed by atoms with Crippen LogP contribution in [0.2, 0.25) is 0 Å². The van der Waals surface area contributed by atoms with E-state index in [-0.39, 0.29) is 18.0 Å². The second kappa shape index (κ2) is 4.70. The SMILES string of the molecule is Cn1cc(NC(=O)Cn2cc(C(=O)O)cn2)cn1. The second-order valence-electron chi connectivity index (χ2n) is 3.68. The molecule has 94 valence electrons. The van der Waals surface area contributed by atoms with E-state index in [0.29, 0.717) is 5.69 Å². The summed E-state index contributed by atoms with van der Waals surface area (Å²) in [5.41, 5.74) is 0.622. The summed E-state index contributed by atoms with van der Waals surface area (Å²) in [7, 11) is 1.74. The molecule has 0 unspecified atom stereocenters. The maximum absolute atomic E-state index is 11.6. The fourth-order valence-electron chi connectivity index (χ4n) is 1.39. The molecule has 2 aromatic rings. The summed E-state index contributed by atoms with van der Waals surface area (Å²) in [6, 6.07) is 0. The largest absolute Gasteiger partial charge is 0.478 e. The predicted octanol–water partition coefficient (Wildman–Crippen LogP) is -0.0465. The molecular weight excluding hydrogens is 238 g/mol. The van der Waals surface area contributed by atoms with Crippen molar-refractivity contribution in [2.24, 2.45) is 7.05 Å². The molecule has 0 bridgehead atoms. The van der Waals surface area contributed by atoms with Gasteiger partial charge in [-0.25, -0.2) is 4.79 Å². The van der Waals surface area contributed by atoms with Crippen molar-refractivity contribution < 1.29 is 14.7 Å². The van der Waals surface area contributed by atoms with Crippen molar-refractivity contribution >= 4 is 17.6 Å². The molecular formula is C10H11N5O3. The number of nitrogens with one attached hydrogen (secondary N) is 1. The van der Waals surface area contributed by atoms with Crippen LogP contribution in [-0.4, -0.2) is 36.5 Å². The van der Waals surface area contributed by atoms with Gasteiger partial charge in [-0.1, -0.05) is 0 Å². The topological polar surface area (TPSA) is 102 Å². The Morgan fingerprint density at radius 3 is 2.67 bits per heavy atom. The zero-order valence-electron chi connectivity index (χ0n) is 9.57. The Morgan fingerprint density at radius 1 is 1.33 bits per heavy atom. The number of aromatic nitrogens is 4. The zero-order chi connectivity index (χ0) is 13.1. The molecule has 0 fully saturated rings. The monoisotopic (exact) mass is 249 g/mol. The summed E-state index contributed by atoms with van der Waals surface area (Å²) in [4.78, 5) is 22.2. The number of amides is 1. The number of rotatable bonds is 4. The summed E-state index contributed by atoms with van der Waals surface area (Å²) in [5, 5.41) is 19.0. The van der Waals surface area contributed by atoms with Crippen LogP contribution in [0.3, 0.4) is 0 Å². The Hall–Kier alpha value is -2.64. The van der Waals surface area contributed by atoms with Gasteiger partial charge in [0.05, 0.1) is 23.6 Å². The van der Waals surface area contributed by atoms with E-state index in [2.05, 4.69) is 15.5 Å². The van der Waals surface area contributed by atoms with E-state index in [1.807, 2.05) is 0 Å². The van der Waals surface area contributed by atoms with Gasteiger partial charge in [0.25, 0.3) is 0 Å². The number of carboxylic acids is 1. The minimum absolute atomic E-state index is 0.0455. The molecule has 18 heavy (non-hydrogen) atoms. The quantitative estimate of drug-likeness (QED) is 0.791. The first-order valence-corrected chi connectivity index (χ1v) is 5.09. The average molecular weight is 249 g/mol. The lowest BCUT2D eigenvalue weighted by molar-refractivity contribution is -0.116. The minimum Gasteiger partial charge on any atom is -0.478 e. The minimum atomic E-state index is -1.08. The second-order valence-corrected chi connectivity index (χ2v) is 3.68. The van der Waals surface area contributed by atoms with Crippen molar-refractivity contribution in [3.8, 4) is 0 Å². The first-order chi connectivity index (χ1) is 8.54. The van der Waals surface area contributed by atoms with Crippen LogP contribution < -0.4 is 5.32 Å². The van der Waals surface area contributed by atoms with Crippen LogP contribution in [0.4, 0.5) is 5.69 Å². The smallest absolute Gasteiger partial charge is 0.338 e. The first kappa shape index (κ1) is 11.8. The fourth-order valence-corrected chi connectivity index (χ4v) is 1.39. The highest BCUT2D eigenvalue weighted by Crippen LogP contribution is 2.04. The van der Waals surface area contributed by atoms with Crippen LogP contribution >= 0.6 is 0 Å². The van der Waals surface area contributed by atoms with Gasteiger partial charge in [-0.15, -0.1) is 0 Å². The summed E-state index contributed by atoms with van der Waals surface area (Å²) >= 11 is 0. The van der Waals surface area contributed by atoms with E-state index in [9.17, 15) is 9.59 Å². The third-order valence-corrected chi connectivity index (χ3v) is 2.17. The molecule has 2 rings (SSSR count). The number of aryl methyl sites for hydroxylation is 1. The van der Waals surface area contributed by atoms with Crippen molar-refractivity contribution in [3.63, 3.8) is 0 Å². The predicted molar refractivity (Wildman–Crippen MR) is 61.0 cm³/mol. The van der Waals surface area contributed by atoms with Gasteiger partial charge in [-0.05, 0) is 0 Å². The number of aromatic carboxylic acids is 1. The lowest BCUT2D eigenvalue weighted by Gasteiger charge is -2.01. The number of nitrogens with zero attached hydrogens (tertiary/aromatic N) is 4. The van der Waals surface area contributed by atoms with Gasteiger partial charge in [0.2, 0.25) is 5.91 Å². The van der Waals surface area contributed by atoms with E-state index >= 15 is 0 Å². The molecule has 8 heteroatoms. The van der Waals surface area contributed by atoms with Crippen molar-refractivity contribution in [1.82, 2.24) is 19.6 Å². The molecule has 0 aliphatic carbocycles. The van der Waals surface area contributed by atoms with E-state index < -0.39 is 5.97 Å². The molecule has 1 amide bonds. The van der Waals surface area contributed by atoms with Gasteiger partial charge < -0.3 is 10.4 Å². The molecule has 0 spiro atoms. The van der Waals surface area contributed by atoms with Gasteiger partial charge in [-0.3, -0.25) is 14.2 Å². The van der Waals surface area contributed by atoms with E-state index in [4.69, 9.17) is 5.11 Å². The Morgan fingerprint density at radius 2 is 2.11 bits per heavy atom. The summed E-state index contributed by atoms with van der Waals surface area (Å²) in [5.74, 6) is -1.38. The molecule has 0 saturated carbocycles. The number of carbonyl (C=O) groups is 2. The number of hydrogen-bond acceptors (Lipinski definition) is 4. The Bertz CT molecular complexity index is 586. The standard InChI is InChI=1S/C10H11N5O3/c1-14-5-8(3-11-14)13-9(16)6-15-4-7(2-12-15)10(17)18/h2-5H,6H2,1H3,(H,13,16)(H,17,18). The van der Waals surface area contributed by atoms with Gasteiger partial charge in [0.15, 0.2) is 0 Å².